The molecule has 0 rings (SSSR count). The number of carboxylic acids is 2. The zero-order chi connectivity index (χ0) is 20.3. The van der Waals surface area contributed by atoms with Crippen molar-refractivity contribution in [1.29, 1.82) is 0 Å². The third-order valence-corrected chi connectivity index (χ3v) is 4.45. The summed E-state index contributed by atoms with van der Waals surface area (Å²) in [6, 6.07) is -1.12. The fourth-order valence-corrected chi connectivity index (χ4v) is 2.79. The second-order valence-electron chi connectivity index (χ2n) is 7.02. The number of carbonyl (C=O) groups excluding carboxylic acids is 1. The van der Waals surface area contributed by atoms with Gasteiger partial charge in [-0.2, -0.15) is 0 Å². The van der Waals surface area contributed by atoms with Crippen molar-refractivity contribution in [1.82, 2.24) is 5.32 Å². The van der Waals surface area contributed by atoms with Gasteiger partial charge in [0.2, 0.25) is 5.91 Å². The van der Waals surface area contributed by atoms with Crippen LogP contribution in [0.5, 0.6) is 0 Å². The van der Waals surface area contributed by atoms with E-state index in [1.165, 1.54) is 32.1 Å². The number of nitrogens with one attached hydrogen (secondary N) is 1. The molecule has 0 saturated carbocycles. The highest BCUT2D eigenvalue weighted by Gasteiger charge is 2.20. The summed E-state index contributed by atoms with van der Waals surface area (Å²) >= 11 is 0. The Kier molecular flexibility index (Phi) is 16.4. The maximum absolute atomic E-state index is 11.8. The third-order valence-electron chi connectivity index (χ3n) is 4.45. The predicted octanol–water partition coefficient (Wildman–Crippen LogP) is 4.68. The number of allylic oxidation sites excluding steroid dienone is 2. The summed E-state index contributed by atoms with van der Waals surface area (Å²) in [7, 11) is 0. The van der Waals surface area contributed by atoms with Crippen molar-refractivity contribution in [2.45, 2.75) is 103 Å². The number of rotatable bonds is 18. The van der Waals surface area contributed by atoms with Crippen molar-refractivity contribution in [3.8, 4) is 0 Å². The van der Waals surface area contributed by atoms with Crippen molar-refractivity contribution >= 4 is 17.8 Å². The Labute approximate surface area is 163 Å². The SMILES string of the molecule is CCCCCC/C=C\CCCCCCCC(=O)N[C@@H](CCC(=O)O)C(=O)O. The highest BCUT2D eigenvalue weighted by molar-refractivity contribution is 5.83. The normalized spacial score (nSPS) is 12.2. The minimum absolute atomic E-state index is 0.0947. The Morgan fingerprint density at radius 1 is 0.815 bits per heavy atom. The Morgan fingerprint density at radius 3 is 1.93 bits per heavy atom. The summed E-state index contributed by atoms with van der Waals surface area (Å²) in [4.78, 5) is 33.3. The molecule has 0 heterocycles. The summed E-state index contributed by atoms with van der Waals surface area (Å²) in [5.74, 6) is -2.58. The van der Waals surface area contributed by atoms with Gasteiger partial charge in [-0.25, -0.2) is 4.79 Å². The summed E-state index contributed by atoms with van der Waals surface area (Å²) in [6.07, 6.45) is 17.0. The minimum Gasteiger partial charge on any atom is -0.481 e. The van der Waals surface area contributed by atoms with Gasteiger partial charge < -0.3 is 15.5 Å². The minimum atomic E-state index is -1.19. The van der Waals surface area contributed by atoms with Gasteiger partial charge in [0.25, 0.3) is 0 Å². The van der Waals surface area contributed by atoms with Gasteiger partial charge in [0, 0.05) is 12.8 Å². The molecule has 0 bridgehead atoms. The summed E-state index contributed by atoms with van der Waals surface area (Å²) < 4.78 is 0. The first kappa shape index (κ1) is 25.1. The van der Waals surface area contributed by atoms with E-state index in [-0.39, 0.29) is 25.2 Å². The van der Waals surface area contributed by atoms with E-state index in [2.05, 4.69) is 24.4 Å². The van der Waals surface area contributed by atoms with Crippen molar-refractivity contribution in [2.24, 2.45) is 0 Å². The van der Waals surface area contributed by atoms with Crippen LogP contribution in [0.4, 0.5) is 0 Å². The Hall–Kier alpha value is -1.85. The first-order chi connectivity index (χ1) is 13.0. The molecule has 1 atom stereocenters. The van der Waals surface area contributed by atoms with E-state index < -0.39 is 18.0 Å². The second kappa shape index (κ2) is 17.6. The van der Waals surface area contributed by atoms with Crippen molar-refractivity contribution < 1.29 is 24.6 Å². The lowest BCUT2D eigenvalue weighted by Gasteiger charge is -2.13. The lowest BCUT2D eigenvalue weighted by Crippen LogP contribution is -2.41. The largest absolute Gasteiger partial charge is 0.481 e. The zero-order valence-electron chi connectivity index (χ0n) is 16.8. The molecule has 6 heteroatoms. The van der Waals surface area contributed by atoms with Crippen molar-refractivity contribution in [3.05, 3.63) is 12.2 Å². The molecule has 0 aliphatic heterocycles. The van der Waals surface area contributed by atoms with Gasteiger partial charge in [-0.3, -0.25) is 9.59 Å². The van der Waals surface area contributed by atoms with E-state index >= 15 is 0 Å². The van der Waals surface area contributed by atoms with Crippen LogP contribution in [-0.4, -0.2) is 34.1 Å². The van der Waals surface area contributed by atoms with Gasteiger partial charge in [-0.1, -0.05) is 57.6 Å². The lowest BCUT2D eigenvalue weighted by molar-refractivity contribution is -0.143. The molecule has 0 unspecified atom stereocenters. The van der Waals surface area contributed by atoms with Crippen LogP contribution >= 0.6 is 0 Å². The number of hydrogen-bond donors (Lipinski definition) is 3. The summed E-state index contributed by atoms with van der Waals surface area (Å²) in [5.41, 5.74) is 0. The maximum atomic E-state index is 11.8. The molecule has 0 aliphatic rings. The van der Waals surface area contributed by atoms with Crippen LogP contribution in [0, 0.1) is 0 Å². The predicted molar refractivity (Wildman–Crippen MR) is 107 cm³/mol. The van der Waals surface area contributed by atoms with Gasteiger partial charge in [0.05, 0.1) is 0 Å². The van der Waals surface area contributed by atoms with Crippen LogP contribution in [0.15, 0.2) is 12.2 Å². The Balaban J connectivity index is 3.60. The molecule has 6 nitrogen and oxygen atoms in total. The van der Waals surface area contributed by atoms with Gasteiger partial charge in [-0.15, -0.1) is 0 Å². The molecular weight excluding hydrogens is 346 g/mol. The molecule has 0 fully saturated rings. The number of hydrogen-bond acceptors (Lipinski definition) is 3. The maximum Gasteiger partial charge on any atom is 0.326 e. The molecule has 0 radical (unpaired) electrons. The lowest BCUT2D eigenvalue weighted by atomic mass is 10.1. The molecule has 1 amide bonds. The van der Waals surface area contributed by atoms with Crippen molar-refractivity contribution in [3.63, 3.8) is 0 Å². The molecule has 0 aliphatic carbocycles. The summed E-state index contributed by atoms with van der Waals surface area (Å²) in [6.45, 7) is 2.22. The Bertz CT molecular complexity index is 448. The van der Waals surface area contributed by atoms with E-state index in [1.807, 2.05) is 0 Å². The van der Waals surface area contributed by atoms with Gasteiger partial charge in [-0.05, 0) is 38.5 Å². The fraction of sp³-hybridized carbons (Fsp3) is 0.762. The van der Waals surface area contributed by atoms with Crippen LogP contribution in [0.1, 0.15) is 96.8 Å². The van der Waals surface area contributed by atoms with Crippen LogP contribution in [-0.2, 0) is 14.4 Å². The number of unbranched alkanes of at least 4 members (excludes halogenated alkanes) is 9. The number of aliphatic carboxylic acids is 2. The quantitative estimate of drug-likeness (QED) is 0.235. The van der Waals surface area contributed by atoms with Crippen LogP contribution < -0.4 is 5.32 Å². The average Bonchev–Trinajstić information content (AvgIpc) is 2.62. The second-order valence-corrected chi connectivity index (χ2v) is 7.02. The number of carbonyl (C=O) groups is 3. The topological polar surface area (TPSA) is 104 Å². The Morgan fingerprint density at radius 2 is 1.37 bits per heavy atom. The highest BCUT2D eigenvalue weighted by Crippen LogP contribution is 2.09. The van der Waals surface area contributed by atoms with Crippen molar-refractivity contribution in [2.75, 3.05) is 0 Å². The molecular formula is C21H37NO5. The van der Waals surface area contributed by atoms with E-state index in [4.69, 9.17) is 10.2 Å². The van der Waals surface area contributed by atoms with Gasteiger partial charge in [0.1, 0.15) is 6.04 Å². The van der Waals surface area contributed by atoms with Gasteiger partial charge >= 0.3 is 11.9 Å². The molecule has 27 heavy (non-hydrogen) atoms. The van der Waals surface area contributed by atoms with E-state index in [0.29, 0.717) is 0 Å². The standard InChI is InChI=1S/C21H37NO5/c1-2-3-4-5-6-7-8-9-10-11-12-13-14-15-19(23)22-18(21(26)27)16-17-20(24)25/h7-8,18H,2-6,9-17H2,1H3,(H,22,23)(H,24,25)(H,26,27)/b8-7-/t18-/m0/s1. The monoisotopic (exact) mass is 383 g/mol. The molecule has 0 aromatic heterocycles. The highest BCUT2D eigenvalue weighted by atomic mass is 16.4. The molecule has 0 spiro atoms. The molecule has 0 aromatic rings. The smallest absolute Gasteiger partial charge is 0.326 e. The fourth-order valence-electron chi connectivity index (χ4n) is 2.79. The third kappa shape index (κ3) is 17.3. The van der Waals surface area contributed by atoms with Crippen LogP contribution in [0.3, 0.4) is 0 Å². The van der Waals surface area contributed by atoms with E-state index in [1.54, 1.807) is 0 Å². The van der Waals surface area contributed by atoms with Gasteiger partial charge in [0.15, 0.2) is 0 Å². The number of amides is 1. The zero-order valence-corrected chi connectivity index (χ0v) is 16.8. The first-order valence-corrected chi connectivity index (χ1v) is 10.4. The summed E-state index contributed by atoms with van der Waals surface area (Å²) in [5, 5.41) is 20.0. The van der Waals surface area contributed by atoms with E-state index in [0.717, 1.165) is 38.5 Å². The van der Waals surface area contributed by atoms with Crippen LogP contribution in [0.25, 0.3) is 0 Å². The van der Waals surface area contributed by atoms with E-state index in [9.17, 15) is 14.4 Å². The first-order valence-electron chi connectivity index (χ1n) is 10.4. The average molecular weight is 384 g/mol. The number of carboxylic acid groups (broad SMARTS) is 2. The van der Waals surface area contributed by atoms with Crippen LogP contribution in [0.2, 0.25) is 0 Å². The molecule has 3 N–H and O–H groups in total. The molecule has 156 valence electrons. The molecule has 0 aromatic carbocycles. The molecule has 0 saturated heterocycles.